The molecule has 19 heavy (non-hydrogen) atoms. The van der Waals surface area contributed by atoms with E-state index in [1.165, 1.54) is 30.3 Å². The fourth-order valence-corrected chi connectivity index (χ4v) is 2.13. The van der Waals surface area contributed by atoms with Crippen LogP contribution < -0.4 is 5.73 Å². The smallest absolute Gasteiger partial charge is 0.196 e. The van der Waals surface area contributed by atoms with E-state index in [4.69, 9.17) is 28.9 Å². The van der Waals surface area contributed by atoms with Gasteiger partial charge in [0.15, 0.2) is 11.6 Å². The lowest BCUT2D eigenvalue weighted by atomic mass is 10.0. The number of rotatable bonds is 2. The molecule has 0 spiro atoms. The van der Waals surface area contributed by atoms with Crippen molar-refractivity contribution in [2.75, 3.05) is 5.73 Å². The van der Waals surface area contributed by atoms with Crippen molar-refractivity contribution in [3.05, 3.63) is 61.8 Å². The minimum Gasteiger partial charge on any atom is -0.398 e. The number of anilines is 1. The van der Waals surface area contributed by atoms with Gasteiger partial charge >= 0.3 is 0 Å². The van der Waals surface area contributed by atoms with E-state index in [1.807, 2.05) is 0 Å². The number of nitrogen functional groups attached to an aromatic ring is 1. The molecule has 0 amide bonds. The van der Waals surface area contributed by atoms with Gasteiger partial charge in [-0.2, -0.15) is 0 Å². The molecule has 0 radical (unpaired) electrons. The van der Waals surface area contributed by atoms with Crippen LogP contribution in [0.3, 0.4) is 0 Å². The standard InChI is InChI=1S/C13H7BrCl2FNO/c14-8-3-2-7(12(17)11(8)16)13(19)6-1-4-9(15)10(18)5-6/h1-5H,18H2. The Morgan fingerprint density at radius 2 is 1.89 bits per heavy atom. The molecule has 2 aromatic rings. The number of halogens is 4. The molecule has 0 bridgehead atoms. The van der Waals surface area contributed by atoms with Crippen LogP contribution >= 0.6 is 39.1 Å². The topological polar surface area (TPSA) is 43.1 Å². The molecule has 0 aliphatic rings. The largest absolute Gasteiger partial charge is 0.398 e. The minimum atomic E-state index is -0.769. The zero-order valence-corrected chi connectivity index (χ0v) is 12.5. The van der Waals surface area contributed by atoms with Crippen LogP contribution in [-0.2, 0) is 0 Å². The SMILES string of the molecule is Nc1cc(C(=O)c2ccc(Br)c(Cl)c2F)ccc1Cl. The molecule has 0 aliphatic carbocycles. The Morgan fingerprint density at radius 3 is 2.53 bits per heavy atom. The van der Waals surface area contributed by atoms with Crippen molar-refractivity contribution in [1.29, 1.82) is 0 Å². The Hall–Kier alpha value is -1.10. The van der Waals surface area contributed by atoms with Crippen LogP contribution in [0.15, 0.2) is 34.8 Å². The third-order valence-electron chi connectivity index (χ3n) is 2.54. The summed E-state index contributed by atoms with van der Waals surface area (Å²) in [5.74, 6) is -1.27. The van der Waals surface area contributed by atoms with Crippen LogP contribution in [0.4, 0.5) is 10.1 Å². The van der Waals surface area contributed by atoms with E-state index in [1.54, 1.807) is 0 Å². The molecule has 0 aromatic heterocycles. The maximum Gasteiger partial charge on any atom is 0.196 e. The lowest BCUT2D eigenvalue weighted by Crippen LogP contribution is -2.05. The molecule has 0 saturated carbocycles. The van der Waals surface area contributed by atoms with Crippen molar-refractivity contribution in [3.8, 4) is 0 Å². The van der Waals surface area contributed by atoms with Gasteiger partial charge in [-0.3, -0.25) is 4.79 Å². The highest BCUT2D eigenvalue weighted by Gasteiger charge is 2.18. The summed E-state index contributed by atoms with van der Waals surface area (Å²) in [6.07, 6.45) is 0. The fourth-order valence-electron chi connectivity index (χ4n) is 1.54. The van der Waals surface area contributed by atoms with Crippen LogP contribution in [0.5, 0.6) is 0 Å². The molecule has 2 nitrogen and oxygen atoms in total. The molecule has 98 valence electrons. The number of ketones is 1. The summed E-state index contributed by atoms with van der Waals surface area (Å²) in [5, 5.41) is 0.207. The molecular weight excluding hydrogens is 356 g/mol. The lowest BCUT2D eigenvalue weighted by Gasteiger charge is -2.07. The second-order valence-electron chi connectivity index (χ2n) is 3.79. The third-order valence-corrected chi connectivity index (χ3v) is 4.14. The van der Waals surface area contributed by atoms with Crippen molar-refractivity contribution in [2.24, 2.45) is 0 Å². The summed E-state index contributed by atoms with van der Waals surface area (Å²) >= 11 is 14.6. The molecule has 0 unspecified atom stereocenters. The van der Waals surface area contributed by atoms with Gasteiger partial charge in [0.05, 0.1) is 21.3 Å². The maximum atomic E-state index is 13.9. The predicted molar refractivity (Wildman–Crippen MR) is 78.4 cm³/mol. The highest BCUT2D eigenvalue weighted by molar-refractivity contribution is 9.10. The van der Waals surface area contributed by atoms with E-state index in [2.05, 4.69) is 15.9 Å². The molecule has 0 atom stereocenters. The summed E-state index contributed by atoms with van der Waals surface area (Å²) in [6.45, 7) is 0. The summed E-state index contributed by atoms with van der Waals surface area (Å²) in [6, 6.07) is 7.25. The third kappa shape index (κ3) is 2.76. The molecule has 0 fully saturated rings. The highest BCUT2D eigenvalue weighted by atomic mass is 79.9. The molecule has 2 aromatic carbocycles. The first-order valence-corrected chi connectivity index (χ1v) is 6.70. The van der Waals surface area contributed by atoms with Gasteiger partial charge in [0.1, 0.15) is 0 Å². The van der Waals surface area contributed by atoms with Crippen molar-refractivity contribution >= 4 is 50.6 Å². The minimum absolute atomic E-state index is 0.116. The first-order valence-electron chi connectivity index (χ1n) is 5.15. The molecule has 2 rings (SSSR count). The Balaban J connectivity index is 2.50. The summed E-state index contributed by atoms with van der Waals surface area (Å²) < 4.78 is 14.3. The number of hydrogen-bond acceptors (Lipinski definition) is 2. The van der Waals surface area contributed by atoms with E-state index in [0.717, 1.165) is 0 Å². The summed E-state index contributed by atoms with van der Waals surface area (Å²) in [4.78, 5) is 12.2. The van der Waals surface area contributed by atoms with Crippen molar-refractivity contribution in [3.63, 3.8) is 0 Å². The van der Waals surface area contributed by atoms with Gasteiger partial charge in [-0.25, -0.2) is 4.39 Å². The first kappa shape index (κ1) is 14.3. The Morgan fingerprint density at radius 1 is 1.21 bits per heavy atom. The van der Waals surface area contributed by atoms with Crippen LogP contribution in [0.2, 0.25) is 10.0 Å². The second-order valence-corrected chi connectivity index (χ2v) is 5.43. The van der Waals surface area contributed by atoms with Crippen LogP contribution in [0.25, 0.3) is 0 Å². The van der Waals surface area contributed by atoms with E-state index in [0.29, 0.717) is 9.50 Å². The average Bonchev–Trinajstić information content (AvgIpc) is 2.39. The van der Waals surface area contributed by atoms with Crippen molar-refractivity contribution < 1.29 is 9.18 Å². The molecule has 2 N–H and O–H groups in total. The Bertz CT molecular complexity index is 676. The van der Waals surface area contributed by atoms with Gasteiger partial charge < -0.3 is 5.73 Å². The molecular formula is C13H7BrCl2FNO. The quantitative estimate of drug-likeness (QED) is 0.477. The number of carbonyl (C=O) groups excluding carboxylic acids is 1. The number of nitrogens with two attached hydrogens (primary N) is 1. The van der Waals surface area contributed by atoms with Crippen LogP contribution in [-0.4, -0.2) is 5.78 Å². The zero-order chi connectivity index (χ0) is 14.2. The average molecular weight is 363 g/mol. The van der Waals surface area contributed by atoms with Gasteiger partial charge in [0.25, 0.3) is 0 Å². The molecule has 0 saturated heterocycles. The summed E-state index contributed by atoms with van der Waals surface area (Å²) in [7, 11) is 0. The van der Waals surface area contributed by atoms with Gasteiger partial charge in [0.2, 0.25) is 0 Å². The Kier molecular flexibility index (Phi) is 4.13. The van der Waals surface area contributed by atoms with E-state index in [-0.39, 0.29) is 21.8 Å². The Labute approximate surface area is 127 Å². The lowest BCUT2D eigenvalue weighted by molar-refractivity contribution is 0.103. The first-order chi connectivity index (χ1) is 8.91. The van der Waals surface area contributed by atoms with Crippen LogP contribution in [0.1, 0.15) is 15.9 Å². The number of hydrogen-bond donors (Lipinski definition) is 1. The van der Waals surface area contributed by atoms with Crippen molar-refractivity contribution in [2.45, 2.75) is 0 Å². The monoisotopic (exact) mass is 361 g/mol. The van der Waals surface area contributed by atoms with Gasteiger partial charge in [0, 0.05) is 10.0 Å². The van der Waals surface area contributed by atoms with Gasteiger partial charge in [-0.1, -0.05) is 23.2 Å². The predicted octanol–water partition coefficient (Wildman–Crippen LogP) is 4.71. The summed E-state index contributed by atoms with van der Waals surface area (Å²) in [5.41, 5.74) is 6.01. The van der Waals surface area contributed by atoms with Gasteiger partial charge in [-0.05, 0) is 46.3 Å². The van der Waals surface area contributed by atoms with Crippen molar-refractivity contribution in [1.82, 2.24) is 0 Å². The van der Waals surface area contributed by atoms with E-state index < -0.39 is 11.6 Å². The van der Waals surface area contributed by atoms with Crippen LogP contribution in [0, 0.1) is 5.82 Å². The van der Waals surface area contributed by atoms with Gasteiger partial charge in [-0.15, -0.1) is 0 Å². The fraction of sp³-hybridized carbons (Fsp3) is 0. The van der Waals surface area contributed by atoms with E-state index >= 15 is 0 Å². The molecule has 6 heteroatoms. The number of carbonyl (C=O) groups is 1. The number of benzene rings is 2. The molecule has 0 heterocycles. The van der Waals surface area contributed by atoms with E-state index in [9.17, 15) is 9.18 Å². The zero-order valence-electron chi connectivity index (χ0n) is 9.38. The maximum absolute atomic E-state index is 13.9. The molecule has 0 aliphatic heterocycles. The normalized spacial score (nSPS) is 10.5. The second kappa shape index (κ2) is 5.49. The highest BCUT2D eigenvalue weighted by Crippen LogP contribution is 2.29.